The molecule has 0 fully saturated rings. The number of aromatic nitrogens is 1. The standard InChI is InChI=1S/C13H12N2O4S/c1-7-6-20-11(13(18)19-2)10(7)15-12(17)8-3-4-9(16)14-5-8/h3-6H,1-2H3,(H,14,16)(H,15,17). The number of anilines is 1. The third-order valence-corrected chi connectivity index (χ3v) is 3.71. The van der Waals surface area contributed by atoms with E-state index in [0.29, 0.717) is 16.1 Å². The Morgan fingerprint density at radius 2 is 2.10 bits per heavy atom. The van der Waals surface area contributed by atoms with Crippen molar-refractivity contribution in [3.05, 3.63) is 50.1 Å². The molecule has 20 heavy (non-hydrogen) atoms. The Kier molecular flexibility index (Phi) is 3.99. The highest BCUT2D eigenvalue weighted by atomic mass is 32.1. The van der Waals surface area contributed by atoms with Gasteiger partial charge in [-0.3, -0.25) is 9.59 Å². The van der Waals surface area contributed by atoms with Gasteiger partial charge in [0, 0.05) is 12.3 Å². The van der Waals surface area contributed by atoms with Crippen molar-refractivity contribution in [1.82, 2.24) is 4.98 Å². The molecule has 0 saturated carbocycles. The van der Waals surface area contributed by atoms with Crippen molar-refractivity contribution in [3.8, 4) is 0 Å². The largest absolute Gasteiger partial charge is 0.465 e. The van der Waals surface area contributed by atoms with E-state index in [1.54, 1.807) is 12.3 Å². The fourth-order valence-electron chi connectivity index (χ4n) is 1.58. The Balaban J connectivity index is 2.28. The van der Waals surface area contributed by atoms with Crippen LogP contribution in [0.4, 0.5) is 5.69 Å². The summed E-state index contributed by atoms with van der Waals surface area (Å²) in [5.41, 5.74) is 1.21. The van der Waals surface area contributed by atoms with Gasteiger partial charge in [-0.15, -0.1) is 11.3 Å². The summed E-state index contributed by atoms with van der Waals surface area (Å²) in [7, 11) is 1.28. The minimum atomic E-state index is -0.500. The van der Waals surface area contributed by atoms with E-state index in [9.17, 15) is 14.4 Å². The van der Waals surface area contributed by atoms with Crippen LogP contribution in [-0.2, 0) is 4.74 Å². The second kappa shape index (κ2) is 5.70. The van der Waals surface area contributed by atoms with Crippen LogP contribution in [0.25, 0.3) is 0 Å². The van der Waals surface area contributed by atoms with Gasteiger partial charge in [-0.2, -0.15) is 0 Å². The molecule has 0 aliphatic heterocycles. The van der Waals surface area contributed by atoms with Crippen LogP contribution in [0.2, 0.25) is 0 Å². The number of rotatable bonds is 3. The number of esters is 1. The predicted molar refractivity (Wildman–Crippen MR) is 75.4 cm³/mol. The molecule has 2 rings (SSSR count). The summed E-state index contributed by atoms with van der Waals surface area (Å²) in [6.07, 6.45) is 1.32. The van der Waals surface area contributed by atoms with Crippen LogP contribution < -0.4 is 10.9 Å². The Morgan fingerprint density at radius 3 is 2.70 bits per heavy atom. The Bertz CT molecular complexity index is 697. The second-order valence-corrected chi connectivity index (χ2v) is 4.89. The van der Waals surface area contributed by atoms with Gasteiger partial charge >= 0.3 is 5.97 Å². The Morgan fingerprint density at radius 1 is 1.35 bits per heavy atom. The molecule has 0 spiro atoms. The number of hydrogen-bond acceptors (Lipinski definition) is 5. The van der Waals surface area contributed by atoms with Crippen molar-refractivity contribution in [2.75, 3.05) is 12.4 Å². The van der Waals surface area contributed by atoms with E-state index in [0.717, 1.165) is 5.56 Å². The van der Waals surface area contributed by atoms with Gasteiger partial charge in [-0.1, -0.05) is 0 Å². The molecule has 0 atom stereocenters. The first-order valence-electron chi connectivity index (χ1n) is 5.69. The first kappa shape index (κ1) is 14.0. The molecule has 2 aromatic rings. The first-order valence-corrected chi connectivity index (χ1v) is 6.57. The van der Waals surface area contributed by atoms with Gasteiger partial charge in [0.05, 0.1) is 18.4 Å². The molecule has 0 radical (unpaired) electrons. The zero-order valence-corrected chi connectivity index (χ0v) is 11.7. The number of pyridine rings is 1. The third kappa shape index (κ3) is 2.77. The molecule has 2 N–H and O–H groups in total. The molecule has 2 aromatic heterocycles. The maximum atomic E-state index is 12.1. The predicted octanol–water partition coefficient (Wildman–Crippen LogP) is 1.78. The van der Waals surface area contributed by atoms with Crippen molar-refractivity contribution in [3.63, 3.8) is 0 Å². The van der Waals surface area contributed by atoms with E-state index in [4.69, 9.17) is 0 Å². The zero-order chi connectivity index (χ0) is 14.7. The van der Waals surface area contributed by atoms with Gasteiger partial charge in [0.2, 0.25) is 5.56 Å². The van der Waals surface area contributed by atoms with E-state index >= 15 is 0 Å². The van der Waals surface area contributed by atoms with Crippen LogP contribution >= 0.6 is 11.3 Å². The lowest BCUT2D eigenvalue weighted by molar-refractivity contribution is 0.0607. The summed E-state index contributed by atoms with van der Waals surface area (Å²) in [5, 5.41) is 4.42. The number of aromatic amines is 1. The average Bonchev–Trinajstić information content (AvgIpc) is 2.80. The SMILES string of the molecule is COC(=O)c1scc(C)c1NC(=O)c1ccc(=O)[nH]c1. The van der Waals surface area contributed by atoms with E-state index in [1.165, 1.54) is 36.8 Å². The van der Waals surface area contributed by atoms with Gasteiger partial charge < -0.3 is 15.0 Å². The molecule has 2 heterocycles. The topological polar surface area (TPSA) is 88.3 Å². The second-order valence-electron chi connectivity index (χ2n) is 4.01. The van der Waals surface area contributed by atoms with Crippen molar-refractivity contribution in [2.24, 2.45) is 0 Å². The van der Waals surface area contributed by atoms with Crippen molar-refractivity contribution in [1.29, 1.82) is 0 Å². The van der Waals surface area contributed by atoms with Gasteiger partial charge in [0.25, 0.3) is 5.91 Å². The summed E-state index contributed by atoms with van der Waals surface area (Å²) in [6.45, 7) is 1.78. The number of H-pyrrole nitrogens is 1. The monoisotopic (exact) mass is 292 g/mol. The summed E-state index contributed by atoms with van der Waals surface area (Å²) in [6, 6.07) is 2.67. The molecule has 104 valence electrons. The third-order valence-electron chi connectivity index (χ3n) is 2.63. The quantitative estimate of drug-likeness (QED) is 0.844. The van der Waals surface area contributed by atoms with Gasteiger partial charge in [0.15, 0.2) is 0 Å². The van der Waals surface area contributed by atoms with Crippen LogP contribution in [-0.4, -0.2) is 24.0 Å². The van der Waals surface area contributed by atoms with Crippen LogP contribution in [0.15, 0.2) is 28.5 Å². The summed E-state index contributed by atoms with van der Waals surface area (Å²) in [4.78, 5) is 37.4. The van der Waals surface area contributed by atoms with Crippen LogP contribution in [0, 0.1) is 6.92 Å². The minimum absolute atomic E-state index is 0.288. The fourth-order valence-corrected chi connectivity index (χ4v) is 2.50. The summed E-state index contributed by atoms with van der Waals surface area (Å²) < 4.78 is 4.67. The van der Waals surface area contributed by atoms with Crippen LogP contribution in [0.1, 0.15) is 25.6 Å². The lowest BCUT2D eigenvalue weighted by atomic mass is 10.2. The lowest BCUT2D eigenvalue weighted by Gasteiger charge is -2.07. The first-order chi connectivity index (χ1) is 9.52. The number of thiophene rings is 1. The van der Waals surface area contributed by atoms with Crippen molar-refractivity contribution < 1.29 is 14.3 Å². The maximum absolute atomic E-state index is 12.1. The number of nitrogens with one attached hydrogen (secondary N) is 2. The van der Waals surface area contributed by atoms with E-state index in [-0.39, 0.29) is 5.56 Å². The molecule has 7 heteroatoms. The number of carbonyl (C=O) groups is 2. The molecule has 0 aliphatic rings. The van der Waals surface area contributed by atoms with Crippen molar-refractivity contribution in [2.45, 2.75) is 6.92 Å². The van der Waals surface area contributed by atoms with E-state index < -0.39 is 11.9 Å². The highest BCUT2D eigenvalue weighted by molar-refractivity contribution is 7.12. The summed E-state index contributed by atoms with van der Waals surface area (Å²) in [5.74, 6) is -0.909. The molecule has 0 aliphatic carbocycles. The highest BCUT2D eigenvalue weighted by Crippen LogP contribution is 2.28. The number of methoxy groups -OCH3 is 1. The van der Waals surface area contributed by atoms with Gasteiger partial charge in [-0.05, 0) is 23.9 Å². The number of hydrogen-bond donors (Lipinski definition) is 2. The summed E-state index contributed by atoms with van der Waals surface area (Å²) >= 11 is 1.20. The number of ether oxygens (including phenoxy) is 1. The smallest absolute Gasteiger partial charge is 0.350 e. The Labute approximate surface area is 118 Å². The molecule has 6 nitrogen and oxygen atoms in total. The minimum Gasteiger partial charge on any atom is -0.465 e. The van der Waals surface area contributed by atoms with Gasteiger partial charge in [0.1, 0.15) is 4.88 Å². The normalized spacial score (nSPS) is 10.1. The molecule has 0 unspecified atom stereocenters. The number of amides is 1. The molecular weight excluding hydrogens is 280 g/mol. The van der Waals surface area contributed by atoms with Crippen molar-refractivity contribution >= 4 is 28.9 Å². The number of aryl methyl sites for hydroxylation is 1. The molecule has 0 saturated heterocycles. The molecule has 1 amide bonds. The molecular formula is C13H12N2O4S. The fraction of sp³-hybridized carbons (Fsp3) is 0.154. The van der Waals surface area contributed by atoms with E-state index in [1.807, 2.05) is 0 Å². The van der Waals surface area contributed by atoms with Crippen LogP contribution in [0.5, 0.6) is 0 Å². The highest BCUT2D eigenvalue weighted by Gasteiger charge is 2.19. The lowest BCUT2D eigenvalue weighted by Crippen LogP contribution is -2.16. The van der Waals surface area contributed by atoms with Crippen LogP contribution in [0.3, 0.4) is 0 Å². The molecule has 0 bridgehead atoms. The Hall–Kier alpha value is -2.41. The average molecular weight is 292 g/mol. The number of carbonyl (C=O) groups excluding carboxylic acids is 2. The van der Waals surface area contributed by atoms with E-state index in [2.05, 4.69) is 15.0 Å². The zero-order valence-electron chi connectivity index (χ0n) is 10.9. The van der Waals surface area contributed by atoms with Gasteiger partial charge in [-0.25, -0.2) is 4.79 Å². The molecule has 0 aromatic carbocycles. The maximum Gasteiger partial charge on any atom is 0.350 e.